The summed E-state index contributed by atoms with van der Waals surface area (Å²) in [6.45, 7) is 1.94. The summed E-state index contributed by atoms with van der Waals surface area (Å²) >= 11 is 1.36. The molecule has 3 nitrogen and oxygen atoms in total. The van der Waals surface area contributed by atoms with Crippen LogP contribution in [-0.2, 0) is 7.05 Å². The third kappa shape index (κ3) is 0.826. The molecule has 0 aromatic carbocycles. The second kappa shape index (κ2) is 1.98. The fourth-order valence-corrected chi connectivity index (χ4v) is 2.06. The van der Waals surface area contributed by atoms with Crippen molar-refractivity contribution >= 4 is 21.6 Å². The molecule has 0 saturated heterocycles. The third-order valence-electron chi connectivity index (χ3n) is 1.68. The molecule has 2 aromatic heterocycles. The van der Waals surface area contributed by atoms with Crippen molar-refractivity contribution in [3.63, 3.8) is 0 Å². The first kappa shape index (κ1) is 6.67. The van der Waals surface area contributed by atoms with Gasteiger partial charge in [0, 0.05) is 18.5 Å². The van der Waals surface area contributed by atoms with Crippen LogP contribution in [0.3, 0.4) is 0 Å². The summed E-state index contributed by atoms with van der Waals surface area (Å²) < 4.78 is 1.79. The molecule has 2 rings (SSSR count). The molecule has 0 aliphatic carbocycles. The van der Waals surface area contributed by atoms with Crippen molar-refractivity contribution in [2.24, 2.45) is 7.05 Å². The van der Waals surface area contributed by atoms with Crippen molar-refractivity contribution < 1.29 is 5.11 Å². The van der Waals surface area contributed by atoms with Crippen LogP contribution in [0.1, 0.15) is 5.69 Å². The average Bonchev–Trinajstić information content (AvgIpc) is 2.38. The summed E-state index contributed by atoms with van der Waals surface area (Å²) in [6.07, 6.45) is 0. The molecule has 0 amide bonds. The highest BCUT2D eigenvalue weighted by atomic mass is 32.1. The molecule has 2 aromatic rings. The van der Waals surface area contributed by atoms with Crippen molar-refractivity contribution in [1.29, 1.82) is 0 Å². The van der Waals surface area contributed by atoms with Crippen molar-refractivity contribution in [2.45, 2.75) is 6.92 Å². The van der Waals surface area contributed by atoms with Gasteiger partial charge in [-0.3, -0.25) is 4.68 Å². The van der Waals surface area contributed by atoms with Crippen LogP contribution in [0, 0.1) is 6.92 Å². The average molecular weight is 168 g/mol. The molecular formula is C7H8N2OS. The standard InChI is InChI=1S/C7H8N2OS/c1-4-5-3-6(10)11-7(5)9(2)8-4/h3,10H,1-2H3. The van der Waals surface area contributed by atoms with E-state index in [1.54, 1.807) is 10.7 Å². The van der Waals surface area contributed by atoms with E-state index in [2.05, 4.69) is 5.10 Å². The predicted molar refractivity (Wildman–Crippen MR) is 45.0 cm³/mol. The fourth-order valence-electron chi connectivity index (χ4n) is 1.19. The van der Waals surface area contributed by atoms with E-state index in [1.165, 1.54) is 11.3 Å². The summed E-state index contributed by atoms with van der Waals surface area (Å²) in [7, 11) is 1.88. The topological polar surface area (TPSA) is 38.0 Å². The first-order valence-corrected chi connectivity index (χ1v) is 4.12. The van der Waals surface area contributed by atoms with E-state index in [4.69, 9.17) is 0 Å². The first-order valence-electron chi connectivity index (χ1n) is 3.30. The molecule has 0 atom stereocenters. The molecule has 1 N–H and O–H groups in total. The molecule has 2 heterocycles. The van der Waals surface area contributed by atoms with Crippen LogP contribution in [0.5, 0.6) is 5.06 Å². The summed E-state index contributed by atoms with van der Waals surface area (Å²) in [6, 6.07) is 1.75. The Morgan fingerprint density at radius 1 is 1.64 bits per heavy atom. The smallest absolute Gasteiger partial charge is 0.173 e. The van der Waals surface area contributed by atoms with Gasteiger partial charge >= 0.3 is 0 Å². The zero-order valence-electron chi connectivity index (χ0n) is 6.33. The monoisotopic (exact) mass is 168 g/mol. The van der Waals surface area contributed by atoms with Crippen LogP contribution in [0.15, 0.2) is 6.07 Å². The first-order chi connectivity index (χ1) is 5.18. The number of aryl methyl sites for hydroxylation is 2. The predicted octanol–water partition coefficient (Wildman–Crippen LogP) is 1.65. The maximum absolute atomic E-state index is 9.17. The minimum absolute atomic E-state index is 0.358. The Morgan fingerprint density at radius 2 is 2.36 bits per heavy atom. The zero-order chi connectivity index (χ0) is 8.01. The van der Waals surface area contributed by atoms with Gasteiger partial charge in [-0.1, -0.05) is 11.3 Å². The Hall–Kier alpha value is -1.03. The largest absolute Gasteiger partial charge is 0.499 e. The van der Waals surface area contributed by atoms with E-state index in [0.29, 0.717) is 5.06 Å². The fraction of sp³-hybridized carbons (Fsp3) is 0.286. The van der Waals surface area contributed by atoms with E-state index in [9.17, 15) is 5.11 Å². The van der Waals surface area contributed by atoms with Gasteiger partial charge in [0.15, 0.2) is 5.06 Å². The van der Waals surface area contributed by atoms with E-state index in [-0.39, 0.29) is 0 Å². The highest BCUT2D eigenvalue weighted by Gasteiger charge is 2.07. The summed E-state index contributed by atoms with van der Waals surface area (Å²) in [5.74, 6) is 0. The van der Waals surface area contributed by atoms with E-state index < -0.39 is 0 Å². The van der Waals surface area contributed by atoms with E-state index in [0.717, 1.165) is 15.9 Å². The molecule has 58 valence electrons. The maximum Gasteiger partial charge on any atom is 0.173 e. The van der Waals surface area contributed by atoms with Gasteiger partial charge in [0.05, 0.1) is 5.69 Å². The number of aromatic hydroxyl groups is 1. The molecule has 0 unspecified atom stereocenters. The van der Waals surface area contributed by atoms with E-state index in [1.807, 2.05) is 14.0 Å². The number of hydrogen-bond donors (Lipinski definition) is 1. The van der Waals surface area contributed by atoms with Gasteiger partial charge in [-0.2, -0.15) is 5.10 Å². The Bertz CT molecular complexity index is 367. The zero-order valence-corrected chi connectivity index (χ0v) is 7.14. The second-order valence-corrected chi connectivity index (χ2v) is 3.52. The van der Waals surface area contributed by atoms with Gasteiger partial charge in [-0.25, -0.2) is 0 Å². The van der Waals surface area contributed by atoms with Gasteiger partial charge in [-0.15, -0.1) is 0 Å². The van der Waals surface area contributed by atoms with Crippen LogP contribution < -0.4 is 0 Å². The van der Waals surface area contributed by atoms with E-state index >= 15 is 0 Å². The number of fused-ring (bicyclic) bond motifs is 1. The molecule has 0 aliphatic heterocycles. The number of hydrogen-bond acceptors (Lipinski definition) is 3. The van der Waals surface area contributed by atoms with Gasteiger partial charge in [0.1, 0.15) is 4.83 Å². The summed E-state index contributed by atoms with van der Waals surface area (Å²) in [4.78, 5) is 1.03. The Kier molecular flexibility index (Phi) is 1.20. The molecule has 0 bridgehead atoms. The molecule has 0 spiro atoms. The number of aromatic nitrogens is 2. The molecule has 0 saturated carbocycles. The number of nitrogens with zero attached hydrogens (tertiary/aromatic N) is 2. The highest BCUT2D eigenvalue weighted by Crippen LogP contribution is 2.31. The molecule has 4 heteroatoms. The summed E-state index contributed by atoms with van der Waals surface area (Å²) in [5.41, 5.74) is 0.971. The van der Waals surface area contributed by atoms with Crippen LogP contribution in [-0.4, -0.2) is 14.9 Å². The Balaban J connectivity index is 2.92. The van der Waals surface area contributed by atoms with Gasteiger partial charge in [0.25, 0.3) is 0 Å². The highest BCUT2D eigenvalue weighted by molar-refractivity contribution is 7.20. The van der Waals surface area contributed by atoms with Crippen molar-refractivity contribution in [3.8, 4) is 5.06 Å². The van der Waals surface area contributed by atoms with Crippen molar-refractivity contribution in [1.82, 2.24) is 9.78 Å². The Labute approximate surface area is 67.9 Å². The van der Waals surface area contributed by atoms with Crippen LogP contribution in [0.2, 0.25) is 0 Å². The normalized spacial score (nSPS) is 11.1. The lowest BCUT2D eigenvalue weighted by Gasteiger charge is -1.85. The molecule has 11 heavy (non-hydrogen) atoms. The van der Waals surface area contributed by atoms with Crippen LogP contribution in [0.4, 0.5) is 0 Å². The van der Waals surface area contributed by atoms with Gasteiger partial charge < -0.3 is 5.11 Å². The quantitative estimate of drug-likeness (QED) is 0.649. The minimum Gasteiger partial charge on any atom is -0.499 e. The lowest BCUT2D eigenvalue weighted by Crippen LogP contribution is -1.87. The molecule has 0 fully saturated rings. The van der Waals surface area contributed by atoms with Crippen molar-refractivity contribution in [3.05, 3.63) is 11.8 Å². The maximum atomic E-state index is 9.17. The lowest BCUT2D eigenvalue weighted by atomic mass is 10.3. The SMILES string of the molecule is Cc1nn(C)c2sc(O)cc12. The molecular weight excluding hydrogens is 160 g/mol. The number of rotatable bonds is 0. The summed E-state index contributed by atoms with van der Waals surface area (Å²) in [5, 5.41) is 14.8. The molecule has 0 radical (unpaired) electrons. The molecule has 0 aliphatic rings. The minimum atomic E-state index is 0.358. The lowest BCUT2D eigenvalue weighted by molar-refractivity contribution is 0.491. The van der Waals surface area contributed by atoms with Crippen molar-refractivity contribution in [2.75, 3.05) is 0 Å². The van der Waals surface area contributed by atoms with Crippen LogP contribution >= 0.6 is 11.3 Å². The van der Waals surface area contributed by atoms with Gasteiger partial charge in [-0.05, 0) is 6.92 Å². The number of thiophene rings is 1. The van der Waals surface area contributed by atoms with Gasteiger partial charge in [0.2, 0.25) is 0 Å². The second-order valence-electron chi connectivity index (χ2n) is 2.51. The van der Waals surface area contributed by atoms with Crippen LogP contribution in [0.25, 0.3) is 10.2 Å². The third-order valence-corrected chi connectivity index (χ3v) is 2.69. The Morgan fingerprint density at radius 3 is 3.00 bits per heavy atom.